The number of hydrogen-bond acceptors (Lipinski definition) is 3. The minimum absolute atomic E-state index is 0.297. The second-order valence-electron chi connectivity index (χ2n) is 7.77. The van der Waals surface area contributed by atoms with Crippen molar-refractivity contribution in [2.75, 3.05) is 25.2 Å². The molecule has 1 rings (SSSR count). The van der Waals surface area contributed by atoms with Gasteiger partial charge in [0.05, 0.1) is 12.9 Å². The van der Waals surface area contributed by atoms with Crippen LogP contribution in [0.2, 0.25) is 18.1 Å². The second kappa shape index (κ2) is 9.89. The van der Waals surface area contributed by atoms with Crippen LogP contribution in [0, 0.1) is 0 Å². The molecule has 4 heteroatoms. The van der Waals surface area contributed by atoms with E-state index < -0.39 is 8.32 Å². The third-order valence-corrected chi connectivity index (χ3v) is 9.26. The molecule has 0 amide bonds. The summed E-state index contributed by atoms with van der Waals surface area (Å²) in [4.78, 5) is 2.05. The fourth-order valence-corrected chi connectivity index (χ4v) is 3.05. The van der Waals surface area contributed by atoms with E-state index >= 15 is 0 Å². The molecule has 24 heavy (non-hydrogen) atoms. The lowest BCUT2D eigenvalue weighted by Gasteiger charge is -2.36. The fraction of sp³-hybridized carbons (Fsp3) is 0.600. The van der Waals surface area contributed by atoms with Crippen LogP contribution < -0.4 is 4.90 Å². The van der Waals surface area contributed by atoms with Gasteiger partial charge in [-0.2, -0.15) is 0 Å². The highest BCUT2D eigenvalue weighted by atomic mass is 28.4. The van der Waals surface area contributed by atoms with Gasteiger partial charge in [0.1, 0.15) is 0 Å². The van der Waals surface area contributed by atoms with Crippen molar-refractivity contribution in [3.05, 3.63) is 42.8 Å². The highest BCUT2D eigenvalue weighted by Crippen LogP contribution is 2.36. The van der Waals surface area contributed by atoms with Crippen LogP contribution in [0.15, 0.2) is 42.8 Å². The Kier molecular flexibility index (Phi) is 8.57. The molecule has 0 aromatic heterocycles. The van der Waals surface area contributed by atoms with Gasteiger partial charge in [-0.1, -0.05) is 39.0 Å². The Balaban J connectivity index is 2.08. The summed E-state index contributed by atoms with van der Waals surface area (Å²) in [7, 11) is 0.442. The standard InChI is InChI=1S/C20H35NO2Si/c1-20(2,3)24(5,6)23-17-12-8-11-16-22-18-15-21(4)19-13-9-7-10-14-19/h7,9-10,13-15,18H,8,11-12,16-17H2,1-6H3/b18-15+. The van der Waals surface area contributed by atoms with Crippen molar-refractivity contribution in [2.45, 2.75) is 58.2 Å². The Morgan fingerprint density at radius 2 is 1.62 bits per heavy atom. The average Bonchev–Trinajstić information content (AvgIpc) is 2.52. The van der Waals surface area contributed by atoms with E-state index in [1.54, 1.807) is 6.26 Å². The summed E-state index contributed by atoms with van der Waals surface area (Å²) in [5.74, 6) is 0. The molecule has 0 fully saturated rings. The number of benzene rings is 1. The Morgan fingerprint density at radius 1 is 1.00 bits per heavy atom. The van der Waals surface area contributed by atoms with Gasteiger partial charge in [-0.15, -0.1) is 0 Å². The van der Waals surface area contributed by atoms with E-state index in [-0.39, 0.29) is 0 Å². The molecule has 0 atom stereocenters. The monoisotopic (exact) mass is 349 g/mol. The predicted molar refractivity (Wildman–Crippen MR) is 107 cm³/mol. The first-order chi connectivity index (χ1) is 11.2. The zero-order valence-corrected chi connectivity index (χ0v) is 17.3. The van der Waals surface area contributed by atoms with Crippen LogP contribution in [-0.2, 0) is 9.16 Å². The van der Waals surface area contributed by atoms with Gasteiger partial charge in [0, 0.05) is 25.5 Å². The molecule has 0 bridgehead atoms. The summed E-state index contributed by atoms with van der Waals surface area (Å²) in [5.41, 5.74) is 1.15. The van der Waals surface area contributed by atoms with Gasteiger partial charge in [0.15, 0.2) is 8.32 Å². The molecular weight excluding hydrogens is 314 g/mol. The van der Waals surface area contributed by atoms with Gasteiger partial charge in [0.2, 0.25) is 0 Å². The van der Waals surface area contributed by atoms with Crippen LogP contribution in [0.1, 0.15) is 40.0 Å². The van der Waals surface area contributed by atoms with Crippen molar-refractivity contribution in [3.63, 3.8) is 0 Å². The highest BCUT2D eigenvalue weighted by molar-refractivity contribution is 6.74. The summed E-state index contributed by atoms with van der Waals surface area (Å²) in [5, 5.41) is 0.297. The third kappa shape index (κ3) is 7.54. The molecule has 136 valence electrons. The van der Waals surface area contributed by atoms with Crippen molar-refractivity contribution in [1.29, 1.82) is 0 Å². The number of anilines is 1. The van der Waals surface area contributed by atoms with Crippen molar-refractivity contribution >= 4 is 14.0 Å². The number of rotatable bonds is 10. The summed E-state index contributed by atoms with van der Waals surface area (Å²) in [6.07, 6.45) is 7.07. The molecule has 0 N–H and O–H groups in total. The van der Waals surface area contributed by atoms with E-state index in [1.165, 1.54) is 0 Å². The Morgan fingerprint density at radius 3 is 2.25 bits per heavy atom. The van der Waals surface area contributed by atoms with E-state index in [1.807, 2.05) is 36.3 Å². The predicted octanol–water partition coefficient (Wildman–Crippen LogP) is 5.80. The fourth-order valence-electron chi connectivity index (χ4n) is 1.96. The normalized spacial score (nSPS) is 12.6. The van der Waals surface area contributed by atoms with Gasteiger partial charge >= 0.3 is 0 Å². The number of unbranched alkanes of at least 4 members (excludes halogenated alkanes) is 2. The molecule has 0 radical (unpaired) electrons. The van der Waals surface area contributed by atoms with E-state index in [0.717, 1.165) is 38.2 Å². The topological polar surface area (TPSA) is 21.7 Å². The molecule has 0 aliphatic rings. The quantitative estimate of drug-likeness (QED) is 0.302. The molecule has 0 saturated carbocycles. The first kappa shape index (κ1) is 20.8. The first-order valence-corrected chi connectivity index (χ1v) is 11.8. The molecule has 0 aliphatic heterocycles. The molecule has 1 aromatic rings. The number of para-hydroxylation sites is 1. The van der Waals surface area contributed by atoms with E-state index in [9.17, 15) is 0 Å². The van der Waals surface area contributed by atoms with Gasteiger partial charge in [-0.3, -0.25) is 0 Å². The molecule has 0 aliphatic carbocycles. The Labute approximate surface area is 149 Å². The van der Waals surface area contributed by atoms with Gasteiger partial charge in [-0.25, -0.2) is 0 Å². The molecular formula is C20H35NO2Si. The number of nitrogens with zero attached hydrogens (tertiary/aromatic N) is 1. The van der Waals surface area contributed by atoms with Gasteiger partial charge in [-0.05, 0) is 49.5 Å². The first-order valence-electron chi connectivity index (χ1n) is 8.94. The van der Waals surface area contributed by atoms with E-state index in [2.05, 4.69) is 46.0 Å². The van der Waals surface area contributed by atoms with Gasteiger partial charge in [0.25, 0.3) is 0 Å². The smallest absolute Gasteiger partial charge is 0.191 e. The summed E-state index contributed by atoms with van der Waals surface area (Å²) in [6, 6.07) is 10.2. The molecule has 0 unspecified atom stereocenters. The van der Waals surface area contributed by atoms with Gasteiger partial charge < -0.3 is 14.1 Å². The minimum Gasteiger partial charge on any atom is -0.500 e. The lowest BCUT2D eigenvalue weighted by Crippen LogP contribution is -2.40. The van der Waals surface area contributed by atoms with Crippen molar-refractivity contribution in [1.82, 2.24) is 0 Å². The Bertz CT molecular complexity index is 480. The van der Waals surface area contributed by atoms with Crippen molar-refractivity contribution in [3.8, 4) is 0 Å². The average molecular weight is 350 g/mol. The molecule has 1 aromatic carbocycles. The lowest BCUT2D eigenvalue weighted by molar-refractivity contribution is 0.230. The molecule has 0 saturated heterocycles. The van der Waals surface area contributed by atoms with Crippen LogP contribution in [0.3, 0.4) is 0 Å². The van der Waals surface area contributed by atoms with Crippen LogP contribution in [-0.4, -0.2) is 28.6 Å². The Hall–Kier alpha value is -1.26. The molecule has 0 heterocycles. The number of ether oxygens (including phenoxy) is 1. The highest BCUT2D eigenvalue weighted by Gasteiger charge is 2.36. The zero-order chi connectivity index (χ0) is 18.1. The minimum atomic E-state index is -1.58. The lowest BCUT2D eigenvalue weighted by atomic mass is 10.2. The largest absolute Gasteiger partial charge is 0.500 e. The van der Waals surface area contributed by atoms with Crippen LogP contribution >= 0.6 is 0 Å². The van der Waals surface area contributed by atoms with Crippen molar-refractivity contribution in [2.24, 2.45) is 0 Å². The van der Waals surface area contributed by atoms with Crippen LogP contribution in [0.25, 0.3) is 0 Å². The summed E-state index contributed by atoms with van der Waals surface area (Å²) < 4.78 is 11.8. The van der Waals surface area contributed by atoms with Crippen molar-refractivity contribution < 1.29 is 9.16 Å². The molecule has 3 nitrogen and oxygen atoms in total. The second-order valence-corrected chi connectivity index (χ2v) is 12.6. The van der Waals surface area contributed by atoms with E-state index in [0.29, 0.717) is 5.04 Å². The maximum absolute atomic E-state index is 6.18. The zero-order valence-electron chi connectivity index (χ0n) is 16.3. The van der Waals surface area contributed by atoms with Crippen LogP contribution in [0.5, 0.6) is 0 Å². The third-order valence-electron chi connectivity index (χ3n) is 4.72. The summed E-state index contributed by atoms with van der Waals surface area (Å²) in [6.45, 7) is 13.1. The SMILES string of the molecule is CN(/C=C/OCCCCCO[Si](C)(C)C(C)(C)C)c1ccccc1. The van der Waals surface area contributed by atoms with E-state index in [4.69, 9.17) is 9.16 Å². The molecule has 0 spiro atoms. The summed E-state index contributed by atoms with van der Waals surface area (Å²) >= 11 is 0. The number of hydrogen-bond donors (Lipinski definition) is 0. The maximum atomic E-state index is 6.18. The van der Waals surface area contributed by atoms with Crippen LogP contribution in [0.4, 0.5) is 5.69 Å². The maximum Gasteiger partial charge on any atom is 0.191 e.